The largest absolute Gasteiger partial charge is 0.369 e. The molecule has 0 unspecified atom stereocenters. The zero-order chi connectivity index (χ0) is 17.9. The van der Waals surface area contributed by atoms with Crippen LogP contribution in [0.25, 0.3) is 11.3 Å². The number of benzene rings is 2. The number of hydrogen-bond acceptors (Lipinski definition) is 5. The fourth-order valence-electron chi connectivity index (χ4n) is 3.06. The molecule has 4 rings (SSSR count). The van der Waals surface area contributed by atoms with Crippen molar-refractivity contribution in [1.82, 2.24) is 9.88 Å². The number of halogens is 1. The van der Waals surface area contributed by atoms with Crippen LogP contribution in [0.15, 0.2) is 58.4 Å². The van der Waals surface area contributed by atoms with Gasteiger partial charge in [-0.05, 0) is 37.4 Å². The molecule has 0 atom stereocenters. The van der Waals surface area contributed by atoms with E-state index in [1.807, 2.05) is 24.3 Å². The minimum Gasteiger partial charge on any atom is -0.369 e. The van der Waals surface area contributed by atoms with Gasteiger partial charge in [-0.2, -0.15) is 0 Å². The lowest BCUT2D eigenvalue weighted by molar-refractivity contribution is 0.313. The number of likely N-dealkylation sites (N-methyl/N-ethyl adjacent to an activating group) is 1. The predicted octanol–water partition coefficient (Wildman–Crippen LogP) is 5.07. The van der Waals surface area contributed by atoms with Gasteiger partial charge in [0.25, 0.3) is 0 Å². The van der Waals surface area contributed by atoms with E-state index in [0.717, 1.165) is 52.7 Å². The Balaban J connectivity index is 1.45. The van der Waals surface area contributed by atoms with E-state index >= 15 is 0 Å². The fraction of sp³-hybridized carbons (Fsp3) is 0.250. The molecule has 26 heavy (non-hydrogen) atoms. The first-order valence-electron chi connectivity index (χ1n) is 8.69. The highest BCUT2D eigenvalue weighted by Crippen LogP contribution is 2.29. The lowest BCUT2D eigenvalue weighted by Gasteiger charge is -2.34. The maximum absolute atomic E-state index is 4.73. The Kier molecular flexibility index (Phi) is 5.24. The van der Waals surface area contributed by atoms with Crippen molar-refractivity contribution < 1.29 is 0 Å². The Hall–Kier alpha value is -1.89. The van der Waals surface area contributed by atoms with Gasteiger partial charge in [-0.3, -0.25) is 0 Å². The third kappa shape index (κ3) is 4.09. The lowest BCUT2D eigenvalue weighted by Crippen LogP contribution is -2.44. The zero-order valence-corrected chi connectivity index (χ0v) is 17.1. The van der Waals surface area contributed by atoms with E-state index in [2.05, 4.69) is 67.7 Å². The minimum atomic E-state index is 0.904. The van der Waals surface area contributed by atoms with Crippen LogP contribution in [0.1, 0.15) is 0 Å². The third-order valence-corrected chi connectivity index (χ3v) is 5.86. The van der Waals surface area contributed by atoms with Gasteiger partial charge in [-0.15, -0.1) is 11.3 Å². The Bertz CT molecular complexity index is 870. The smallest absolute Gasteiger partial charge is 0.187 e. The molecule has 2 heterocycles. The summed E-state index contributed by atoms with van der Waals surface area (Å²) in [4.78, 5) is 9.55. The average Bonchev–Trinajstić information content (AvgIpc) is 3.11. The first kappa shape index (κ1) is 17.5. The van der Waals surface area contributed by atoms with Crippen molar-refractivity contribution in [2.24, 2.45) is 0 Å². The molecular formula is C20H21BrN4S. The molecule has 2 aromatic carbocycles. The molecular weight excluding hydrogens is 408 g/mol. The van der Waals surface area contributed by atoms with Crippen molar-refractivity contribution in [2.75, 3.05) is 43.4 Å². The van der Waals surface area contributed by atoms with Gasteiger partial charge in [-0.1, -0.05) is 34.1 Å². The summed E-state index contributed by atoms with van der Waals surface area (Å²) in [6.45, 7) is 4.43. The topological polar surface area (TPSA) is 31.4 Å². The zero-order valence-electron chi connectivity index (χ0n) is 14.7. The second kappa shape index (κ2) is 7.78. The quantitative estimate of drug-likeness (QED) is 0.628. The second-order valence-electron chi connectivity index (χ2n) is 6.51. The second-order valence-corrected chi connectivity index (χ2v) is 8.28. The summed E-state index contributed by atoms with van der Waals surface area (Å²) >= 11 is 5.12. The van der Waals surface area contributed by atoms with Gasteiger partial charge in [0.2, 0.25) is 0 Å². The fourth-order valence-corrected chi connectivity index (χ4v) is 4.20. The van der Waals surface area contributed by atoms with Crippen LogP contribution in [0.3, 0.4) is 0 Å². The molecule has 0 radical (unpaired) electrons. The molecule has 1 aliphatic heterocycles. The van der Waals surface area contributed by atoms with E-state index in [-0.39, 0.29) is 0 Å². The normalized spacial score (nSPS) is 15.2. The Labute approximate surface area is 166 Å². The van der Waals surface area contributed by atoms with Gasteiger partial charge in [-0.25, -0.2) is 4.98 Å². The van der Waals surface area contributed by atoms with Gasteiger partial charge in [0, 0.05) is 53.0 Å². The van der Waals surface area contributed by atoms with Gasteiger partial charge < -0.3 is 15.1 Å². The Morgan fingerprint density at radius 2 is 1.81 bits per heavy atom. The summed E-state index contributed by atoms with van der Waals surface area (Å²) in [5.41, 5.74) is 4.49. The molecule has 1 fully saturated rings. The monoisotopic (exact) mass is 428 g/mol. The average molecular weight is 429 g/mol. The minimum absolute atomic E-state index is 0.904. The van der Waals surface area contributed by atoms with Crippen LogP contribution in [0.4, 0.5) is 16.5 Å². The number of thiazole rings is 1. The molecule has 134 valence electrons. The van der Waals surface area contributed by atoms with E-state index < -0.39 is 0 Å². The van der Waals surface area contributed by atoms with Gasteiger partial charge in [0.1, 0.15) is 0 Å². The first-order valence-corrected chi connectivity index (χ1v) is 10.4. The standard InChI is InChI=1S/C20H21BrN4S/c1-24-9-11-25(12-10-24)18-7-5-15(6-8-18)19-14-26-20(23-19)22-17-4-2-3-16(21)13-17/h2-8,13-14H,9-12H2,1H3,(H,22,23). The maximum atomic E-state index is 4.73. The van der Waals surface area contributed by atoms with Crippen molar-refractivity contribution in [2.45, 2.75) is 0 Å². The molecule has 1 N–H and O–H groups in total. The van der Waals surface area contributed by atoms with Crippen LogP contribution in [-0.2, 0) is 0 Å². The number of aromatic nitrogens is 1. The van der Waals surface area contributed by atoms with Crippen LogP contribution >= 0.6 is 27.3 Å². The molecule has 0 spiro atoms. The summed E-state index contributed by atoms with van der Waals surface area (Å²) in [5, 5.41) is 6.37. The molecule has 0 saturated carbocycles. The molecule has 4 nitrogen and oxygen atoms in total. The summed E-state index contributed by atoms with van der Waals surface area (Å²) < 4.78 is 1.05. The molecule has 1 saturated heterocycles. The summed E-state index contributed by atoms with van der Waals surface area (Å²) in [6.07, 6.45) is 0. The first-order chi connectivity index (χ1) is 12.7. The number of piperazine rings is 1. The number of nitrogens with one attached hydrogen (secondary N) is 1. The van der Waals surface area contributed by atoms with Crippen LogP contribution in [-0.4, -0.2) is 43.1 Å². The Morgan fingerprint density at radius 1 is 1.04 bits per heavy atom. The number of nitrogens with zero attached hydrogens (tertiary/aromatic N) is 3. The highest BCUT2D eigenvalue weighted by molar-refractivity contribution is 9.10. The van der Waals surface area contributed by atoms with E-state index in [9.17, 15) is 0 Å². The number of anilines is 3. The lowest BCUT2D eigenvalue weighted by atomic mass is 10.1. The number of hydrogen-bond donors (Lipinski definition) is 1. The molecule has 6 heteroatoms. The van der Waals surface area contributed by atoms with Crippen molar-refractivity contribution in [1.29, 1.82) is 0 Å². The predicted molar refractivity (Wildman–Crippen MR) is 115 cm³/mol. The van der Waals surface area contributed by atoms with Crippen molar-refractivity contribution in [3.63, 3.8) is 0 Å². The molecule has 1 aliphatic rings. The van der Waals surface area contributed by atoms with Crippen LogP contribution in [0.2, 0.25) is 0 Å². The molecule has 0 amide bonds. The van der Waals surface area contributed by atoms with E-state index in [4.69, 9.17) is 4.98 Å². The van der Waals surface area contributed by atoms with Crippen LogP contribution < -0.4 is 10.2 Å². The van der Waals surface area contributed by atoms with Crippen LogP contribution in [0.5, 0.6) is 0 Å². The molecule has 0 aliphatic carbocycles. The van der Waals surface area contributed by atoms with Crippen molar-refractivity contribution in [3.8, 4) is 11.3 Å². The Morgan fingerprint density at radius 3 is 2.54 bits per heavy atom. The van der Waals surface area contributed by atoms with Gasteiger partial charge >= 0.3 is 0 Å². The highest BCUT2D eigenvalue weighted by atomic mass is 79.9. The van der Waals surface area contributed by atoms with E-state index in [0.29, 0.717) is 0 Å². The van der Waals surface area contributed by atoms with Crippen LogP contribution in [0, 0.1) is 0 Å². The SMILES string of the molecule is CN1CCN(c2ccc(-c3csc(Nc4cccc(Br)c4)n3)cc2)CC1. The molecule has 1 aromatic heterocycles. The van der Waals surface area contributed by atoms with E-state index in [1.54, 1.807) is 11.3 Å². The molecule has 3 aromatic rings. The van der Waals surface area contributed by atoms with Crippen molar-refractivity contribution in [3.05, 3.63) is 58.4 Å². The van der Waals surface area contributed by atoms with Crippen molar-refractivity contribution >= 4 is 43.8 Å². The molecule has 0 bridgehead atoms. The van der Waals surface area contributed by atoms with E-state index in [1.165, 1.54) is 5.69 Å². The number of rotatable bonds is 4. The van der Waals surface area contributed by atoms with Gasteiger partial charge in [0.15, 0.2) is 5.13 Å². The third-order valence-electron chi connectivity index (χ3n) is 4.61. The summed E-state index contributed by atoms with van der Waals surface area (Å²) in [6, 6.07) is 16.9. The highest BCUT2D eigenvalue weighted by Gasteiger charge is 2.14. The van der Waals surface area contributed by atoms with Gasteiger partial charge in [0.05, 0.1) is 5.69 Å². The summed E-state index contributed by atoms with van der Waals surface area (Å²) in [7, 11) is 2.18. The summed E-state index contributed by atoms with van der Waals surface area (Å²) in [5.74, 6) is 0. The maximum Gasteiger partial charge on any atom is 0.187 e.